The molecule has 0 saturated carbocycles. The molecule has 0 fully saturated rings. The van der Waals surface area contributed by atoms with Crippen molar-refractivity contribution in [2.45, 2.75) is 37.3 Å². The number of anilines is 1. The van der Waals surface area contributed by atoms with Gasteiger partial charge < -0.3 is 9.84 Å². The lowest BCUT2D eigenvalue weighted by Gasteiger charge is -2.07. The van der Waals surface area contributed by atoms with Crippen LogP contribution in [0.25, 0.3) is 0 Å². The van der Waals surface area contributed by atoms with E-state index in [9.17, 15) is 4.79 Å². The summed E-state index contributed by atoms with van der Waals surface area (Å²) >= 11 is 1.64. The van der Waals surface area contributed by atoms with Gasteiger partial charge in [0.1, 0.15) is 0 Å². The number of aryl methyl sites for hydroxylation is 1. The van der Waals surface area contributed by atoms with Crippen molar-refractivity contribution >= 4 is 23.4 Å². The summed E-state index contributed by atoms with van der Waals surface area (Å²) in [5.74, 6) is 1.29. The summed E-state index contributed by atoms with van der Waals surface area (Å²) in [4.78, 5) is 16.4. The summed E-state index contributed by atoms with van der Waals surface area (Å²) in [5, 5.41) is 6.73. The van der Waals surface area contributed by atoms with Crippen LogP contribution >= 0.6 is 11.8 Å². The lowest BCUT2D eigenvalue weighted by Crippen LogP contribution is -2.05. The van der Waals surface area contributed by atoms with Crippen molar-refractivity contribution in [1.29, 1.82) is 0 Å². The summed E-state index contributed by atoms with van der Waals surface area (Å²) in [5.41, 5.74) is 0.792. The van der Waals surface area contributed by atoms with Gasteiger partial charge in [0, 0.05) is 23.9 Å². The van der Waals surface area contributed by atoms with E-state index in [1.165, 1.54) is 6.92 Å². The van der Waals surface area contributed by atoms with Crippen LogP contribution in [-0.4, -0.2) is 16.0 Å². The maximum absolute atomic E-state index is 10.9. The predicted molar refractivity (Wildman–Crippen MR) is 78.7 cm³/mol. The van der Waals surface area contributed by atoms with Gasteiger partial charge in [-0.15, -0.1) is 11.8 Å². The maximum atomic E-state index is 10.9. The van der Waals surface area contributed by atoms with Crippen molar-refractivity contribution in [3.05, 3.63) is 36.0 Å². The highest BCUT2D eigenvalue weighted by atomic mass is 32.2. The smallest absolute Gasteiger partial charge is 0.239 e. The normalized spacial score (nSPS) is 12.2. The van der Waals surface area contributed by atoms with E-state index in [1.54, 1.807) is 11.8 Å². The van der Waals surface area contributed by atoms with Gasteiger partial charge in [-0.2, -0.15) is 4.98 Å². The Morgan fingerprint density at radius 3 is 2.65 bits per heavy atom. The van der Waals surface area contributed by atoms with E-state index in [4.69, 9.17) is 4.52 Å². The fraction of sp³-hybridized carbons (Fsp3) is 0.357. The number of carbonyl (C=O) groups is 1. The Balaban J connectivity index is 2.00. The van der Waals surface area contributed by atoms with Crippen LogP contribution in [0.5, 0.6) is 0 Å². The van der Waals surface area contributed by atoms with Gasteiger partial charge in [0.25, 0.3) is 0 Å². The largest absolute Gasteiger partial charge is 0.338 e. The highest BCUT2D eigenvalue weighted by Crippen LogP contribution is 2.34. The number of rotatable bonds is 5. The summed E-state index contributed by atoms with van der Waals surface area (Å²) in [7, 11) is 0. The fourth-order valence-corrected chi connectivity index (χ4v) is 2.55. The van der Waals surface area contributed by atoms with Gasteiger partial charge in [-0.05, 0) is 31.2 Å². The SMILES string of the molecule is CCc1noc(C(C)Sc2ccc(NC(C)=O)cc2)n1. The predicted octanol–water partition coefficient (Wildman–Crippen LogP) is 3.44. The summed E-state index contributed by atoms with van der Waals surface area (Å²) in [6, 6.07) is 7.68. The molecule has 2 rings (SSSR count). The highest BCUT2D eigenvalue weighted by Gasteiger charge is 2.15. The molecule has 0 aliphatic heterocycles. The molecular formula is C14H17N3O2S. The molecule has 1 N–H and O–H groups in total. The Morgan fingerprint density at radius 1 is 1.40 bits per heavy atom. The van der Waals surface area contributed by atoms with Gasteiger partial charge in [0.15, 0.2) is 5.82 Å². The molecule has 5 nitrogen and oxygen atoms in total. The molecule has 1 aromatic heterocycles. The van der Waals surface area contributed by atoms with Crippen LogP contribution in [0.15, 0.2) is 33.7 Å². The van der Waals surface area contributed by atoms with Crippen molar-refractivity contribution in [3.63, 3.8) is 0 Å². The lowest BCUT2D eigenvalue weighted by molar-refractivity contribution is -0.114. The second kappa shape index (κ2) is 6.56. The van der Waals surface area contributed by atoms with Crippen molar-refractivity contribution < 1.29 is 9.32 Å². The van der Waals surface area contributed by atoms with Crippen LogP contribution < -0.4 is 5.32 Å². The van der Waals surface area contributed by atoms with Crippen molar-refractivity contribution in [1.82, 2.24) is 10.1 Å². The number of nitrogens with zero attached hydrogens (tertiary/aromatic N) is 2. The van der Waals surface area contributed by atoms with Gasteiger partial charge in [-0.25, -0.2) is 0 Å². The minimum Gasteiger partial charge on any atom is -0.338 e. The molecule has 0 radical (unpaired) electrons. The quantitative estimate of drug-likeness (QED) is 0.855. The van der Waals surface area contributed by atoms with Crippen molar-refractivity contribution in [2.75, 3.05) is 5.32 Å². The van der Waals surface area contributed by atoms with E-state index in [1.807, 2.05) is 38.1 Å². The summed E-state index contributed by atoms with van der Waals surface area (Å²) in [6.07, 6.45) is 0.770. The third kappa shape index (κ3) is 3.84. The molecule has 1 amide bonds. The Hall–Kier alpha value is -1.82. The molecule has 2 aromatic rings. The first kappa shape index (κ1) is 14.6. The Labute approximate surface area is 122 Å². The van der Waals surface area contributed by atoms with Gasteiger partial charge in [0.05, 0.1) is 5.25 Å². The third-order valence-electron chi connectivity index (χ3n) is 2.64. The molecule has 0 aliphatic carbocycles. The van der Waals surface area contributed by atoms with Crippen LogP contribution in [0.2, 0.25) is 0 Å². The topological polar surface area (TPSA) is 68.0 Å². The molecule has 106 valence electrons. The molecule has 20 heavy (non-hydrogen) atoms. The Kier molecular flexibility index (Phi) is 4.79. The fourth-order valence-electron chi connectivity index (χ4n) is 1.65. The van der Waals surface area contributed by atoms with E-state index in [0.717, 1.165) is 22.8 Å². The second-order valence-corrected chi connectivity index (χ2v) is 5.78. The molecule has 1 unspecified atom stereocenters. The summed E-state index contributed by atoms with van der Waals surface area (Å²) in [6.45, 7) is 5.51. The van der Waals surface area contributed by atoms with Crippen LogP contribution in [0, 0.1) is 0 Å². The number of carbonyl (C=O) groups excluding carboxylic acids is 1. The van der Waals surface area contributed by atoms with Gasteiger partial charge >= 0.3 is 0 Å². The number of aromatic nitrogens is 2. The lowest BCUT2D eigenvalue weighted by atomic mass is 10.3. The van der Waals surface area contributed by atoms with Crippen LogP contribution in [-0.2, 0) is 11.2 Å². The van der Waals surface area contributed by atoms with E-state index < -0.39 is 0 Å². The molecule has 0 saturated heterocycles. The first-order valence-electron chi connectivity index (χ1n) is 6.45. The Bertz CT molecular complexity index is 580. The first-order chi connectivity index (χ1) is 9.58. The average Bonchev–Trinajstić information content (AvgIpc) is 2.89. The number of hydrogen-bond acceptors (Lipinski definition) is 5. The minimum atomic E-state index is -0.0725. The maximum Gasteiger partial charge on any atom is 0.239 e. The summed E-state index contributed by atoms with van der Waals surface area (Å²) < 4.78 is 5.23. The van der Waals surface area contributed by atoms with Gasteiger partial charge in [-0.3, -0.25) is 4.79 Å². The second-order valence-electron chi connectivity index (χ2n) is 4.37. The zero-order valence-electron chi connectivity index (χ0n) is 11.7. The Morgan fingerprint density at radius 2 is 2.10 bits per heavy atom. The molecule has 1 aromatic carbocycles. The van der Waals surface area contributed by atoms with E-state index in [-0.39, 0.29) is 11.2 Å². The van der Waals surface area contributed by atoms with Gasteiger partial charge in [-0.1, -0.05) is 12.1 Å². The number of benzene rings is 1. The van der Waals surface area contributed by atoms with E-state index in [0.29, 0.717) is 5.89 Å². The van der Waals surface area contributed by atoms with Crippen molar-refractivity contribution in [2.24, 2.45) is 0 Å². The van der Waals surface area contributed by atoms with Crippen LogP contribution in [0.1, 0.15) is 37.7 Å². The standard InChI is InChI=1S/C14H17N3O2S/c1-4-13-16-14(19-17-13)9(2)20-12-7-5-11(6-8-12)15-10(3)18/h5-9H,4H2,1-3H3,(H,15,18). The number of thioether (sulfide) groups is 1. The average molecular weight is 291 g/mol. The monoisotopic (exact) mass is 291 g/mol. The van der Waals surface area contributed by atoms with Gasteiger partial charge in [0.2, 0.25) is 11.8 Å². The first-order valence-corrected chi connectivity index (χ1v) is 7.33. The minimum absolute atomic E-state index is 0.0725. The molecule has 0 aliphatic rings. The molecule has 0 bridgehead atoms. The molecule has 0 spiro atoms. The molecule has 1 heterocycles. The van der Waals surface area contributed by atoms with Crippen LogP contribution in [0.3, 0.4) is 0 Å². The zero-order chi connectivity index (χ0) is 14.5. The number of amides is 1. The van der Waals surface area contributed by atoms with E-state index in [2.05, 4.69) is 15.5 Å². The number of nitrogens with one attached hydrogen (secondary N) is 1. The molecule has 1 atom stereocenters. The highest BCUT2D eigenvalue weighted by molar-refractivity contribution is 7.99. The zero-order valence-corrected chi connectivity index (χ0v) is 12.5. The van der Waals surface area contributed by atoms with Crippen molar-refractivity contribution in [3.8, 4) is 0 Å². The molecular weight excluding hydrogens is 274 g/mol. The molecule has 6 heteroatoms. The third-order valence-corrected chi connectivity index (χ3v) is 3.73. The number of hydrogen-bond donors (Lipinski definition) is 1. The van der Waals surface area contributed by atoms with Crippen LogP contribution in [0.4, 0.5) is 5.69 Å². The van der Waals surface area contributed by atoms with E-state index >= 15 is 0 Å².